The van der Waals surface area contributed by atoms with Gasteiger partial charge in [-0.2, -0.15) is 0 Å². The first kappa shape index (κ1) is 26.0. The van der Waals surface area contributed by atoms with Crippen molar-refractivity contribution in [3.05, 3.63) is 29.8 Å². The Morgan fingerprint density at radius 2 is 1.81 bits per heavy atom. The Bertz CT molecular complexity index is 947. The molecule has 5 nitrogen and oxygen atoms in total. The third-order valence-corrected chi connectivity index (χ3v) is 11.5. The van der Waals surface area contributed by atoms with E-state index in [4.69, 9.17) is 4.74 Å². The van der Waals surface area contributed by atoms with Crippen LogP contribution in [0.15, 0.2) is 24.3 Å². The van der Waals surface area contributed by atoms with Crippen molar-refractivity contribution in [2.45, 2.75) is 104 Å². The molecule has 0 amide bonds. The van der Waals surface area contributed by atoms with Crippen LogP contribution in [0.1, 0.15) is 90.5 Å². The summed E-state index contributed by atoms with van der Waals surface area (Å²) in [6, 6.07) is 6.85. The highest BCUT2D eigenvalue weighted by Gasteiger charge is 2.62. The standard InChI is InChI=1S/C31H46O5/c1-19(7-10-28(35)36-18-20-5-4-6-22(32)15-20)24-8-9-25-29-26(12-14-31(24,25)3)30(2)13-11-23(33)16-21(30)17-27(29)34/h4-6,15,19,21,23-27,29,32-34H,7-14,16-18H2,1-3H3/t19-,21+,23-,24-,25+,26+,27-,29+,30+,31-/m1/s1. The minimum Gasteiger partial charge on any atom is -0.508 e. The normalized spacial score (nSPS) is 42.6. The summed E-state index contributed by atoms with van der Waals surface area (Å²) in [6.45, 7) is 7.45. The summed E-state index contributed by atoms with van der Waals surface area (Å²) >= 11 is 0. The van der Waals surface area contributed by atoms with Crippen LogP contribution in [0, 0.1) is 46.3 Å². The molecule has 1 aromatic rings. The molecule has 200 valence electrons. The molecule has 0 aromatic heterocycles. The van der Waals surface area contributed by atoms with Gasteiger partial charge in [0, 0.05) is 6.42 Å². The first-order valence-electron chi connectivity index (χ1n) is 14.4. The van der Waals surface area contributed by atoms with E-state index in [9.17, 15) is 20.1 Å². The minimum atomic E-state index is -0.246. The molecular weight excluding hydrogens is 452 g/mol. The zero-order valence-electron chi connectivity index (χ0n) is 22.4. The highest BCUT2D eigenvalue weighted by Crippen LogP contribution is 2.68. The zero-order valence-corrected chi connectivity index (χ0v) is 22.4. The predicted molar refractivity (Wildman–Crippen MR) is 139 cm³/mol. The van der Waals surface area contributed by atoms with Gasteiger partial charge in [-0.1, -0.05) is 32.9 Å². The summed E-state index contributed by atoms with van der Waals surface area (Å²) in [5.41, 5.74) is 1.28. The number of carbonyl (C=O) groups is 1. The van der Waals surface area contributed by atoms with Gasteiger partial charge in [-0.15, -0.1) is 0 Å². The fraction of sp³-hybridized carbons (Fsp3) is 0.774. The third-order valence-electron chi connectivity index (χ3n) is 11.5. The molecule has 1 aromatic carbocycles. The Morgan fingerprint density at radius 1 is 1.06 bits per heavy atom. The lowest BCUT2D eigenvalue weighted by atomic mass is 9.43. The van der Waals surface area contributed by atoms with Crippen molar-refractivity contribution in [3.8, 4) is 5.75 Å². The Hall–Kier alpha value is -1.59. The number of hydrogen-bond acceptors (Lipinski definition) is 5. The lowest BCUT2D eigenvalue weighted by molar-refractivity contribution is -0.174. The molecular formula is C31H46O5. The lowest BCUT2D eigenvalue weighted by Gasteiger charge is -2.62. The molecule has 0 unspecified atom stereocenters. The van der Waals surface area contributed by atoms with Gasteiger partial charge in [0.25, 0.3) is 0 Å². The van der Waals surface area contributed by atoms with Gasteiger partial charge < -0.3 is 20.1 Å². The van der Waals surface area contributed by atoms with Crippen LogP contribution < -0.4 is 0 Å². The van der Waals surface area contributed by atoms with Crippen LogP contribution in [0.4, 0.5) is 0 Å². The average molecular weight is 499 g/mol. The molecule has 5 heteroatoms. The van der Waals surface area contributed by atoms with Gasteiger partial charge in [0.2, 0.25) is 0 Å². The molecule has 0 radical (unpaired) electrons. The fourth-order valence-electron chi connectivity index (χ4n) is 9.60. The number of esters is 1. The number of carbonyl (C=O) groups excluding carboxylic acids is 1. The van der Waals surface area contributed by atoms with Crippen LogP contribution in [0.5, 0.6) is 5.75 Å². The SMILES string of the molecule is C[C@H](CCC(=O)OCc1cccc(O)c1)[C@H]1CC[C@H]2[C@@H]3[C@H](O)C[C@@H]4C[C@H](O)CC[C@]4(C)[C@H]3CC[C@]12C. The van der Waals surface area contributed by atoms with Gasteiger partial charge in [-0.25, -0.2) is 0 Å². The van der Waals surface area contributed by atoms with Crippen molar-refractivity contribution >= 4 is 5.97 Å². The van der Waals surface area contributed by atoms with Crippen molar-refractivity contribution < 1.29 is 24.9 Å². The Labute approximate surface area is 216 Å². The van der Waals surface area contributed by atoms with Crippen LogP contribution in [0.25, 0.3) is 0 Å². The maximum Gasteiger partial charge on any atom is 0.306 e. The van der Waals surface area contributed by atoms with E-state index in [1.807, 2.05) is 6.07 Å². The summed E-state index contributed by atoms with van der Waals surface area (Å²) in [7, 11) is 0. The van der Waals surface area contributed by atoms with E-state index in [0.29, 0.717) is 41.9 Å². The smallest absolute Gasteiger partial charge is 0.306 e. The second-order valence-electron chi connectivity index (χ2n) is 13.3. The van der Waals surface area contributed by atoms with Crippen LogP contribution in [0.3, 0.4) is 0 Å². The summed E-state index contributed by atoms with van der Waals surface area (Å²) in [4.78, 5) is 12.5. The van der Waals surface area contributed by atoms with E-state index < -0.39 is 0 Å². The zero-order chi connectivity index (χ0) is 25.7. The number of aliphatic hydroxyl groups is 2. The largest absolute Gasteiger partial charge is 0.508 e. The summed E-state index contributed by atoms with van der Waals surface area (Å²) < 4.78 is 5.48. The highest BCUT2D eigenvalue weighted by molar-refractivity contribution is 5.69. The number of rotatable bonds is 6. The second kappa shape index (κ2) is 9.94. The average Bonchev–Trinajstić information content (AvgIpc) is 3.19. The van der Waals surface area contributed by atoms with Gasteiger partial charge in [0.15, 0.2) is 0 Å². The number of ether oxygens (including phenoxy) is 1. The number of aromatic hydroxyl groups is 1. The first-order valence-corrected chi connectivity index (χ1v) is 14.4. The van der Waals surface area contributed by atoms with Gasteiger partial charge in [-0.3, -0.25) is 4.79 Å². The lowest BCUT2D eigenvalue weighted by Crippen LogP contribution is -2.58. The molecule has 4 aliphatic rings. The van der Waals surface area contributed by atoms with Gasteiger partial charge in [-0.05, 0) is 122 Å². The first-order chi connectivity index (χ1) is 17.1. The van der Waals surface area contributed by atoms with Crippen LogP contribution >= 0.6 is 0 Å². The topological polar surface area (TPSA) is 87.0 Å². The number of hydrogen-bond donors (Lipinski definition) is 3. The van der Waals surface area contributed by atoms with E-state index in [0.717, 1.165) is 37.7 Å². The summed E-state index contributed by atoms with van der Waals surface area (Å²) in [5.74, 6) is 2.99. The second-order valence-corrected chi connectivity index (χ2v) is 13.3. The summed E-state index contributed by atoms with van der Waals surface area (Å²) in [6.07, 6.45) is 9.33. The van der Waals surface area contributed by atoms with E-state index in [1.54, 1.807) is 18.2 Å². The van der Waals surface area contributed by atoms with E-state index in [-0.39, 0.29) is 41.4 Å². The molecule has 0 spiro atoms. The van der Waals surface area contributed by atoms with Gasteiger partial charge >= 0.3 is 5.97 Å². The number of phenolic OH excluding ortho intramolecular Hbond substituents is 1. The quantitative estimate of drug-likeness (QED) is 0.429. The number of fused-ring (bicyclic) bond motifs is 5. The van der Waals surface area contributed by atoms with Crippen molar-refractivity contribution in [2.24, 2.45) is 46.3 Å². The Morgan fingerprint density at radius 3 is 2.58 bits per heavy atom. The molecule has 0 heterocycles. The van der Waals surface area contributed by atoms with Gasteiger partial charge in [0.1, 0.15) is 12.4 Å². The molecule has 4 aliphatic carbocycles. The van der Waals surface area contributed by atoms with Crippen LogP contribution in [-0.4, -0.2) is 33.5 Å². The van der Waals surface area contributed by atoms with Gasteiger partial charge in [0.05, 0.1) is 12.2 Å². The molecule has 4 fully saturated rings. The molecule has 10 atom stereocenters. The molecule has 36 heavy (non-hydrogen) atoms. The maximum atomic E-state index is 12.5. The fourth-order valence-corrected chi connectivity index (χ4v) is 9.60. The maximum absolute atomic E-state index is 12.5. The van der Waals surface area contributed by atoms with Crippen molar-refractivity contribution in [2.75, 3.05) is 0 Å². The Kier molecular flexibility index (Phi) is 7.19. The van der Waals surface area contributed by atoms with Crippen molar-refractivity contribution in [1.82, 2.24) is 0 Å². The summed E-state index contributed by atoms with van der Waals surface area (Å²) in [5, 5.41) is 31.3. The highest BCUT2D eigenvalue weighted by atomic mass is 16.5. The van der Waals surface area contributed by atoms with E-state index >= 15 is 0 Å². The van der Waals surface area contributed by atoms with E-state index in [1.165, 1.54) is 25.7 Å². The molecule has 3 N–H and O–H groups in total. The van der Waals surface area contributed by atoms with Crippen LogP contribution in [-0.2, 0) is 16.1 Å². The third kappa shape index (κ3) is 4.60. The molecule has 5 rings (SSSR count). The minimum absolute atomic E-state index is 0.172. The van der Waals surface area contributed by atoms with Crippen molar-refractivity contribution in [3.63, 3.8) is 0 Å². The molecule has 0 saturated heterocycles. The molecule has 0 bridgehead atoms. The van der Waals surface area contributed by atoms with Crippen molar-refractivity contribution in [1.29, 1.82) is 0 Å². The molecule has 4 saturated carbocycles. The monoisotopic (exact) mass is 498 g/mol. The number of aliphatic hydroxyl groups excluding tert-OH is 2. The number of phenols is 1. The number of benzene rings is 1. The Balaban J connectivity index is 1.20. The molecule has 0 aliphatic heterocycles. The predicted octanol–water partition coefficient (Wildman–Crippen LogP) is 5.84. The van der Waals surface area contributed by atoms with Crippen LogP contribution in [0.2, 0.25) is 0 Å². The van der Waals surface area contributed by atoms with E-state index in [2.05, 4.69) is 20.8 Å².